The first-order chi connectivity index (χ1) is 34.3. The minimum atomic E-state index is -0.776. The molecule has 9 rings (SSSR count). The van der Waals surface area contributed by atoms with Gasteiger partial charge in [0.1, 0.15) is 6.04 Å². The fourth-order valence-electron chi connectivity index (χ4n) is 9.21. The number of methoxy groups -OCH3 is 2. The molecule has 17 nitrogen and oxygen atoms in total. The largest absolute Gasteiger partial charge is 0.493 e. The number of hydrogen-bond acceptors (Lipinski definition) is 13. The van der Waals surface area contributed by atoms with Gasteiger partial charge in [0.15, 0.2) is 23.0 Å². The van der Waals surface area contributed by atoms with Gasteiger partial charge in [0, 0.05) is 93.8 Å². The minimum absolute atomic E-state index is 0.0595. The van der Waals surface area contributed by atoms with Crippen molar-refractivity contribution in [1.29, 1.82) is 0 Å². The van der Waals surface area contributed by atoms with Gasteiger partial charge in [-0.15, -0.1) is 0 Å². The minimum Gasteiger partial charge on any atom is -0.493 e. The van der Waals surface area contributed by atoms with Gasteiger partial charge < -0.3 is 54.9 Å². The van der Waals surface area contributed by atoms with Crippen LogP contribution in [0.1, 0.15) is 71.9 Å². The van der Waals surface area contributed by atoms with E-state index in [1.807, 2.05) is 44.6 Å². The van der Waals surface area contributed by atoms with Crippen molar-refractivity contribution in [3.63, 3.8) is 0 Å². The number of ether oxygens (including phenoxy) is 4. The first-order valence-corrected chi connectivity index (χ1v) is 24.1. The van der Waals surface area contributed by atoms with Gasteiger partial charge in [-0.2, -0.15) is 0 Å². The number of amides is 4. The fourth-order valence-corrected chi connectivity index (χ4v) is 9.21. The molecule has 0 bridgehead atoms. The third-order valence-corrected chi connectivity index (χ3v) is 13.6. The van der Waals surface area contributed by atoms with Crippen LogP contribution in [0.15, 0.2) is 95.2 Å². The summed E-state index contributed by atoms with van der Waals surface area (Å²) in [6.45, 7) is 9.95. The van der Waals surface area contributed by atoms with Crippen molar-refractivity contribution in [2.75, 3.05) is 70.9 Å². The topological polar surface area (TPSA) is 193 Å². The predicted octanol–water partition coefficient (Wildman–Crippen LogP) is 6.67. The SMILES string of the molecule is COc1cc2c(cc1OCCCOc1cc3c(cc1OC)C(=O)N1C=C(c4ccc(N5CCN(C)CC5)cc4)C[C@H]1C=N3)N=CC1CC(c3ccc(NC(=O)[C@H](C)NC(=O)[C@@H](N)C(C)C)cc3)=CN1C2=O. The number of hydrogen-bond donors (Lipinski definition) is 3. The second-order valence-corrected chi connectivity index (χ2v) is 18.8. The van der Waals surface area contributed by atoms with E-state index in [1.165, 1.54) is 12.8 Å². The zero-order chi connectivity index (χ0) is 49.9. The van der Waals surface area contributed by atoms with Crippen LogP contribution in [0, 0.1) is 5.92 Å². The predicted molar refractivity (Wildman–Crippen MR) is 275 cm³/mol. The monoisotopic (exact) mass is 963 g/mol. The first-order valence-electron chi connectivity index (χ1n) is 24.1. The van der Waals surface area contributed by atoms with Crippen LogP contribution in [0.2, 0.25) is 0 Å². The normalized spacial score (nSPS) is 19.1. The number of anilines is 2. The number of piperazine rings is 1. The number of rotatable bonds is 16. The highest BCUT2D eigenvalue weighted by molar-refractivity contribution is 6.07. The highest BCUT2D eigenvalue weighted by atomic mass is 16.5. The molecule has 370 valence electrons. The molecular weight excluding hydrogens is 903 g/mol. The highest BCUT2D eigenvalue weighted by Gasteiger charge is 2.35. The Balaban J connectivity index is 0.785. The van der Waals surface area contributed by atoms with Crippen LogP contribution in [0.25, 0.3) is 11.1 Å². The van der Waals surface area contributed by atoms with Crippen molar-refractivity contribution >= 4 is 70.0 Å². The molecule has 0 spiro atoms. The summed E-state index contributed by atoms with van der Waals surface area (Å²) in [5.41, 5.74) is 13.5. The second-order valence-electron chi connectivity index (χ2n) is 18.8. The quantitative estimate of drug-likeness (QED) is 0.102. The molecule has 5 aliphatic rings. The lowest BCUT2D eigenvalue weighted by molar-refractivity contribution is -0.127. The number of benzene rings is 4. The van der Waals surface area contributed by atoms with E-state index in [2.05, 4.69) is 51.7 Å². The third-order valence-electron chi connectivity index (χ3n) is 13.6. The van der Waals surface area contributed by atoms with E-state index in [0.29, 0.717) is 70.4 Å². The summed E-state index contributed by atoms with van der Waals surface area (Å²) >= 11 is 0. The standard InChI is InChI=1S/C54H61N9O8/c1-32(2)50(55)52(65)58-33(3)51(64)59-38-12-8-34(9-13-38)36-22-40-28-56-44-26-48(46(68-5)24-42(44)53(66)62(40)30-36)70-20-7-21-71-49-27-45-43(25-47(49)69-6)54(67)63-31-37(23-41(63)29-57-45)35-10-14-39(15-11-35)61-18-16-60(4)17-19-61/h8-15,24-33,40-41,50H,7,16-23,55H2,1-6H3,(H,58,65)(H,59,64)/t33-,40?,41-,50-/m0/s1. The molecule has 1 unspecified atom stereocenters. The Labute approximate surface area is 414 Å². The Morgan fingerprint density at radius 2 is 1.18 bits per heavy atom. The van der Waals surface area contributed by atoms with Crippen molar-refractivity contribution in [2.45, 2.75) is 64.2 Å². The van der Waals surface area contributed by atoms with Gasteiger partial charge in [-0.3, -0.25) is 29.2 Å². The molecule has 4 aromatic rings. The molecule has 71 heavy (non-hydrogen) atoms. The molecule has 0 aromatic heterocycles. The van der Waals surface area contributed by atoms with Crippen LogP contribution in [0.3, 0.4) is 0 Å². The number of nitrogens with two attached hydrogens (primary N) is 1. The van der Waals surface area contributed by atoms with Crippen molar-refractivity contribution in [3.05, 3.63) is 107 Å². The maximum absolute atomic E-state index is 14.0. The van der Waals surface area contributed by atoms with Crippen LogP contribution < -0.4 is 40.2 Å². The summed E-state index contributed by atoms with van der Waals surface area (Å²) in [6, 6.07) is 20.8. The van der Waals surface area contributed by atoms with Gasteiger partial charge in [0.2, 0.25) is 11.8 Å². The van der Waals surface area contributed by atoms with Crippen LogP contribution >= 0.6 is 0 Å². The Bertz CT molecular complexity index is 2820. The number of aliphatic imine (C=N–C) groups is 2. The summed E-state index contributed by atoms with van der Waals surface area (Å²) in [7, 11) is 5.22. The molecule has 0 saturated carbocycles. The average molecular weight is 964 g/mol. The summed E-state index contributed by atoms with van der Waals surface area (Å²) < 4.78 is 23.8. The Morgan fingerprint density at radius 3 is 1.66 bits per heavy atom. The van der Waals surface area contributed by atoms with Gasteiger partial charge in [-0.05, 0) is 78.6 Å². The Morgan fingerprint density at radius 1 is 0.690 bits per heavy atom. The number of carbonyl (C=O) groups is 4. The van der Waals surface area contributed by atoms with Gasteiger partial charge in [0.05, 0.1) is 68.1 Å². The lowest BCUT2D eigenvalue weighted by Crippen LogP contribution is -2.50. The second kappa shape index (κ2) is 20.8. The molecule has 5 aliphatic heterocycles. The van der Waals surface area contributed by atoms with E-state index in [9.17, 15) is 19.2 Å². The van der Waals surface area contributed by atoms with Gasteiger partial charge >= 0.3 is 0 Å². The van der Waals surface area contributed by atoms with E-state index >= 15 is 0 Å². The lowest BCUT2D eigenvalue weighted by Gasteiger charge is -2.34. The molecule has 1 fully saturated rings. The fraction of sp³-hybridized carbons (Fsp3) is 0.370. The summed E-state index contributed by atoms with van der Waals surface area (Å²) in [6.07, 6.45) is 9.08. The Hall–Kier alpha value is -7.50. The third kappa shape index (κ3) is 10.4. The number of nitrogens with one attached hydrogen (secondary N) is 2. The molecule has 1 saturated heterocycles. The van der Waals surface area contributed by atoms with Crippen molar-refractivity contribution in [1.82, 2.24) is 20.0 Å². The molecule has 4 aromatic carbocycles. The zero-order valence-corrected chi connectivity index (χ0v) is 41.0. The summed E-state index contributed by atoms with van der Waals surface area (Å²) in [5.74, 6) is 0.534. The van der Waals surface area contributed by atoms with Crippen LogP contribution in [0.5, 0.6) is 23.0 Å². The van der Waals surface area contributed by atoms with Gasteiger partial charge in [-0.25, -0.2) is 0 Å². The van der Waals surface area contributed by atoms with Gasteiger partial charge in [0.25, 0.3) is 11.8 Å². The number of fused-ring (bicyclic) bond motifs is 4. The maximum atomic E-state index is 14.0. The van der Waals surface area contributed by atoms with E-state index in [-0.39, 0.29) is 54.8 Å². The number of nitrogens with zero attached hydrogens (tertiary/aromatic N) is 6. The smallest absolute Gasteiger partial charge is 0.260 e. The van der Waals surface area contributed by atoms with E-state index < -0.39 is 12.1 Å². The van der Waals surface area contributed by atoms with E-state index in [1.54, 1.807) is 66.4 Å². The molecule has 4 atom stereocenters. The molecule has 0 aliphatic carbocycles. The summed E-state index contributed by atoms with van der Waals surface area (Å²) in [5, 5.41) is 5.50. The number of carbonyl (C=O) groups excluding carboxylic acids is 4. The van der Waals surface area contributed by atoms with Crippen molar-refractivity contribution in [2.24, 2.45) is 21.6 Å². The van der Waals surface area contributed by atoms with E-state index in [0.717, 1.165) is 48.5 Å². The average Bonchev–Trinajstić information content (AvgIpc) is 3.96. The van der Waals surface area contributed by atoms with Gasteiger partial charge in [-0.1, -0.05) is 38.1 Å². The first kappa shape index (κ1) is 48.5. The maximum Gasteiger partial charge on any atom is 0.260 e. The Kier molecular flexibility index (Phi) is 14.2. The molecule has 4 amide bonds. The molecule has 4 N–H and O–H groups in total. The van der Waals surface area contributed by atoms with Crippen molar-refractivity contribution < 1.29 is 38.1 Å². The van der Waals surface area contributed by atoms with Crippen LogP contribution in [-0.4, -0.2) is 136 Å². The molecular formula is C54H61N9O8. The zero-order valence-electron chi connectivity index (χ0n) is 41.0. The lowest BCUT2D eigenvalue weighted by atomic mass is 10.0. The number of likely N-dealkylation sites (N-methyl/N-ethyl adjacent to an activating group) is 1. The molecule has 17 heteroatoms. The van der Waals surface area contributed by atoms with Crippen LogP contribution in [-0.2, 0) is 9.59 Å². The van der Waals surface area contributed by atoms with Crippen LogP contribution in [0.4, 0.5) is 22.7 Å². The van der Waals surface area contributed by atoms with Crippen molar-refractivity contribution in [3.8, 4) is 23.0 Å². The summed E-state index contributed by atoms with van der Waals surface area (Å²) in [4.78, 5) is 70.9. The highest BCUT2D eigenvalue weighted by Crippen LogP contribution is 2.42. The van der Waals surface area contributed by atoms with E-state index in [4.69, 9.17) is 34.7 Å². The molecule has 5 heterocycles. The molecule has 0 radical (unpaired) electrons.